The Morgan fingerprint density at radius 3 is 2.59 bits per heavy atom. The second-order valence-corrected chi connectivity index (χ2v) is 6.40. The van der Waals surface area contributed by atoms with Crippen LogP contribution in [-0.2, 0) is 4.74 Å². The minimum Gasteiger partial charge on any atom is -0.444 e. The average molecular weight is 240 g/mol. The summed E-state index contributed by atoms with van der Waals surface area (Å²) < 4.78 is 5.32. The van der Waals surface area contributed by atoms with E-state index in [2.05, 4.69) is 10.6 Å². The zero-order valence-corrected chi connectivity index (χ0v) is 11.1. The van der Waals surface area contributed by atoms with Crippen molar-refractivity contribution in [2.24, 2.45) is 5.41 Å². The number of amides is 1. The number of nitrogens with one attached hydrogen (secondary N) is 2. The molecule has 1 heterocycles. The minimum absolute atomic E-state index is 0.236. The Balaban J connectivity index is 1.92. The lowest BCUT2D eigenvalue weighted by Gasteiger charge is -2.31. The molecular formula is C13H24N2O2. The molecule has 2 N–H and O–H groups in total. The van der Waals surface area contributed by atoms with Crippen LogP contribution in [0.25, 0.3) is 0 Å². The summed E-state index contributed by atoms with van der Waals surface area (Å²) in [6.45, 7) is 7.59. The number of hydrogen-bond donors (Lipinski definition) is 2. The summed E-state index contributed by atoms with van der Waals surface area (Å²) in [5.74, 6) is 0. The first-order valence-electron chi connectivity index (χ1n) is 6.62. The van der Waals surface area contributed by atoms with Gasteiger partial charge in [0.15, 0.2) is 0 Å². The van der Waals surface area contributed by atoms with Gasteiger partial charge in [-0.3, -0.25) is 0 Å². The van der Waals surface area contributed by atoms with E-state index in [-0.39, 0.29) is 17.6 Å². The second-order valence-electron chi connectivity index (χ2n) is 6.40. The first kappa shape index (κ1) is 12.7. The Morgan fingerprint density at radius 2 is 2.00 bits per heavy atom. The van der Waals surface area contributed by atoms with Crippen LogP contribution in [-0.4, -0.2) is 30.8 Å². The third-order valence-corrected chi connectivity index (χ3v) is 3.86. The highest BCUT2D eigenvalue weighted by molar-refractivity contribution is 5.68. The van der Waals surface area contributed by atoms with Crippen LogP contribution in [0.1, 0.15) is 46.5 Å². The predicted octanol–water partition coefficient (Wildman–Crippen LogP) is 2.04. The monoisotopic (exact) mass is 240 g/mol. The van der Waals surface area contributed by atoms with Crippen molar-refractivity contribution in [1.29, 1.82) is 0 Å². The van der Waals surface area contributed by atoms with Crippen LogP contribution in [0, 0.1) is 5.41 Å². The number of ether oxygens (including phenoxy) is 1. The van der Waals surface area contributed by atoms with Crippen molar-refractivity contribution in [3.63, 3.8) is 0 Å². The topological polar surface area (TPSA) is 50.4 Å². The molecule has 1 spiro atoms. The molecule has 2 fully saturated rings. The Morgan fingerprint density at radius 1 is 1.35 bits per heavy atom. The highest BCUT2D eigenvalue weighted by Crippen LogP contribution is 2.42. The quantitative estimate of drug-likeness (QED) is 0.737. The molecule has 17 heavy (non-hydrogen) atoms. The van der Waals surface area contributed by atoms with Crippen molar-refractivity contribution >= 4 is 6.09 Å². The molecule has 2 aliphatic rings. The fourth-order valence-electron chi connectivity index (χ4n) is 3.06. The van der Waals surface area contributed by atoms with Crippen LogP contribution in [0.2, 0.25) is 0 Å². The first-order chi connectivity index (χ1) is 7.91. The highest BCUT2D eigenvalue weighted by Gasteiger charge is 2.45. The molecule has 1 saturated heterocycles. The number of carbonyl (C=O) groups is 1. The first-order valence-corrected chi connectivity index (χ1v) is 6.62. The maximum absolute atomic E-state index is 11.8. The fraction of sp³-hybridized carbons (Fsp3) is 0.923. The molecule has 0 aromatic rings. The van der Waals surface area contributed by atoms with E-state index in [1.165, 1.54) is 25.7 Å². The maximum atomic E-state index is 11.8. The molecule has 0 bridgehead atoms. The van der Waals surface area contributed by atoms with Gasteiger partial charge in [-0.25, -0.2) is 4.79 Å². The van der Waals surface area contributed by atoms with E-state index in [0.29, 0.717) is 0 Å². The minimum atomic E-state index is -0.418. The summed E-state index contributed by atoms with van der Waals surface area (Å²) in [4.78, 5) is 11.8. The van der Waals surface area contributed by atoms with Crippen molar-refractivity contribution in [3.8, 4) is 0 Å². The van der Waals surface area contributed by atoms with E-state index in [1.807, 2.05) is 20.8 Å². The van der Waals surface area contributed by atoms with Crippen molar-refractivity contribution in [2.75, 3.05) is 13.1 Å². The van der Waals surface area contributed by atoms with Gasteiger partial charge in [-0.05, 0) is 33.6 Å². The van der Waals surface area contributed by atoms with Crippen LogP contribution < -0.4 is 10.6 Å². The summed E-state index contributed by atoms with van der Waals surface area (Å²) in [5.41, 5.74) is -0.129. The normalized spacial score (nSPS) is 27.4. The Kier molecular flexibility index (Phi) is 3.34. The van der Waals surface area contributed by atoms with E-state index < -0.39 is 5.60 Å². The third-order valence-electron chi connectivity index (χ3n) is 3.86. The molecule has 98 valence electrons. The molecule has 0 aromatic carbocycles. The predicted molar refractivity (Wildman–Crippen MR) is 66.9 cm³/mol. The number of carbonyl (C=O) groups excluding carboxylic acids is 1. The number of hydrogen-bond acceptors (Lipinski definition) is 3. The van der Waals surface area contributed by atoms with Gasteiger partial charge in [0.2, 0.25) is 0 Å². The van der Waals surface area contributed by atoms with Crippen LogP contribution in [0.3, 0.4) is 0 Å². The molecular weight excluding hydrogens is 216 g/mol. The number of rotatable bonds is 1. The second kappa shape index (κ2) is 4.48. The van der Waals surface area contributed by atoms with Crippen molar-refractivity contribution in [3.05, 3.63) is 0 Å². The van der Waals surface area contributed by atoms with Crippen LogP contribution in [0.15, 0.2) is 0 Å². The maximum Gasteiger partial charge on any atom is 0.407 e. The van der Waals surface area contributed by atoms with Gasteiger partial charge in [0, 0.05) is 18.5 Å². The molecule has 1 atom stereocenters. The van der Waals surface area contributed by atoms with E-state index in [1.54, 1.807) is 0 Å². The smallest absolute Gasteiger partial charge is 0.407 e. The van der Waals surface area contributed by atoms with Crippen molar-refractivity contribution < 1.29 is 9.53 Å². The van der Waals surface area contributed by atoms with Gasteiger partial charge >= 0.3 is 6.09 Å². The van der Waals surface area contributed by atoms with E-state index in [4.69, 9.17) is 4.74 Å². The van der Waals surface area contributed by atoms with Gasteiger partial charge in [-0.2, -0.15) is 0 Å². The summed E-state index contributed by atoms with van der Waals surface area (Å²) in [7, 11) is 0. The molecule has 1 saturated carbocycles. The molecule has 1 unspecified atom stereocenters. The Bertz CT molecular complexity index is 285. The Hall–Kier alpha value is -0.770. The van der Waals surface area contributed by atoms with E-state index in [9.17, 15) is 4.79 Å². The van der Waals surface area contributed by atoms with Crippen LogP contribution in [0.4, 0.5) is 4.79 Å². The third kappa shape index (κ3) is 2.92. The molecule has 1 aliphatic heterocycles. The van der Waals surface area contributed by atoms with Crippen LogP contribution in [0.5, 0.6) is 0 Å². The van der Waals surface area contributed by atoms with Gasteiger partial charge in [0.25, 0.3) is 0 Å². The zero-order chi connectivity index (χ0) is 12.5. The highest BCUT2D eigenvalue weighted by atomic mass is 16.6. The van der Waals surface area contributed by atoms with Gasteiger partial charge in [-0.15, -0.1) is 0 Å². The lowest BCUT2D eigenvalue weighted by atomic mass is 9.81. The summed E-state index contributed by atoms with van der Waals surface area (Å²) in [5, 5.41) is 6.45. The molecule has 4 heteroatoms. The summed E-state index contributed by atoms with van der Waals surface area (Å²) in [6, 6.07) is 0.236. The van der Waals surface area contributed by atoms with Gasteiger partial charge < -0.3 is 15.4 Å². The van der Waals surface area contributed by atoms with E-state index in [0.717, 1.165) is 13.1 Å². The summed E-state index contributed by atoms with van der Waals surface area (Å²) in [6.07, 6.45) is 4.74. The zero-order valence-electron chi connectivity index (χ0n) is 11.1. The Labute approximate surface area is 103 Å². The van der Waals surface area contributed by atoms with E-state index >= 15 is 0 Å². The van der Waals surface area contributed by atoms with Crippen LogP contribution >= 0.6 is 0 Å². The largest absolute Gasteiger partial charge is 0.444 e. The fourth-order valence-corrected chi connectivity index (χ4v) is 3.06. The SMILES string of the molecule is CC(C)(C)OC(=O)NC1CNCC12CCCC2. The molecule has 1 aliphatic carbocycles. The molecule has 0 radical (unpaired) electrons. The molecule has 1 amide bonds. The average Bonchev–Trinajstić information content (AvgIpc) is 2.76. The number of alkyl carbamates (subject to hydrolysis) is 1. The lowest BCUT2D eigenvalue weighted by Crippen LogP contribution is -2.47. The van der Waals surface area contributed by atoms with Crippen molar-refractivity contribution in [1.82, 2.24) is 10.6 Å². The van der Waals surface area contributed by atoms with Gasteiger partial charge in [0.05, 0.1) is 6.04 Å². The lowest BCUT2D eigenvalue weighted by molar-refractivity contribution is 0.0471. The van der Waals surface area contributed by atoms with Gasteiger partial charge in [0.1, 0.15) is 5.60 Å². The van der Waals surface area contributed by atoms with Crippen molar-refractivity contribution in [2.45, 2.75) is 58.1 Å². The van der Waals surface area contributed by atoms with Gasteiger partial charge in [-0.1, -0.05) is 12.8 Å². The molecule has 0 aromatic heterocycles. The summed E-state index contributed by atoms with van der Waals surface area (Å²) >= 11 is 0. The molecule has 4 nitrogen and oxygen atoms in total. The standard InChI is InChI=1S/C13H24N2O2/c1-12(2,3)17-11(16)15-10-8-14-9-13(10)6-4-5-7-13/h10,14H,4-9H2,1-3H3,(H,15,16). The molecule has 2 rings (SSSR count).